The number of thiazole rings is 1. The summed E-state index contributed by atoms with van der Waals surface area (Å²) in [6.45, 7) is 11.6. The van der Waals surface area contributed by atoms with E-state index in [1.807, 2.05) is 0 Å². The fourth-order valence-electron chi connectivity index (χ4n) is 5.69. The van der Waals surface area contributed by atoms with Gasteiger partial charge >= 0.3 is 0 Å². The molecule has 5 heteroatoms. The number of ether oxygens (including phenoxy) is 1. The SMILES string of the molecule is Cc1ccc(OCc2cc(C)c3c(c2C)CCNC3)c(-c2csc(N3CCC4CC4C3)n2)c1. The fourth-order valence-corrected chi connectivity index (χ4v) is 6.55. The summed E-state index contributed by atoms with van der Waals surface area (Å²) >= 11 is 1.77. The summed E-state index contributed by atoms with van der Waals surface area (Å²) in [4.78, 5) is 7.55. The van der Waals surface area contributed by atoms with Gasteiger partial charge in [0.15, 0.2) is 5.13 Å². The minimum Gasteiger partial charge on any atom is -0.488 e. The minimum atomic E-state index is 0.593. The first-order valence-electron chi connectivity index (χ1n) is 12.3. The summed E-state index contributed by atoms with van der Waals surface area (Å²) in [5, 5.41) is 6.88. The molecule has 0 amide bonds. The zero-order valence-electron chi connectivity index (χ0n) is 19.9. The predicted molar refractivity (Wildman–Crippen MR) is 136 cm³/mol. The van der Waals surface area contributed by atoms with Crippen molar-refractivity contribution in [3.63, 3.8) is 0 Å². The highest BCUT2D eigenvalue weighted by atomic mass is 32.1. The van der Waals surface area contributed by atoms with E-state index in [0.29, 0.717) is 6.61 Å². The molecule has 0 spiro atoms. The highest BCUT2D eigenvalue weighted by Crippen LogP contribution is 2.46. The topological polar surface area (TPSA) is 37.4 Å². The first kappa shape index (κ1) is 21.2. The van der Waals surface area contributed by atoms with E-state index in [1.165, 1.54) is 52.8 Å². The maximum absolute atomic E-state index is 6.47. The van der Waals surface area contributed by atoms with Crippen LogP contribution in [0.25, 0.3) is 11.3 Å². The van der Waals surface area contributed by atoms with E-state index in [4.69, 9.17) is 9.72 Å². The molecule has 2 aromatic carbocycles. The molecule has 1 N–H and O–H groups in total. The minimum absolute atomic E-state index is 0.593. The molecule has 172 valence electrons. The van der Waals surface area contributed by atoms with E-state index >= 15 is 0 Å². The lowest BCUT2D eigenvalue weighted by Crippen LogP contribution is -2.31. The van der Waals surface area contributed by atoms with Crippen molar-refractivity contribution in [1.29, 1.82) is 0 Å². The zero-order valence-corrected chi connectivity index (χ0v) is 20.7. The number of aromatic nitrogens is 1. The maximum Gasteiger partial charge on any atom is 0.185 e. The molecule has 3 aliphatic rings. The molecule has 33 heavy (non-hydrogen) atoms. The van der Waals surface area contributed by atoms with Crippen LogP contribution in [-0.4, -0.2) is 24.6 Å². The zero-order chi connectivity index (χ0) is 22.5. The quantitative estimate of drug-likeness (QED) is 0.523. The number of hydrogen-bond acceptors (Lipinski definition) is 5. The van der Waals surface area contributed by atoms with Crippen LogP contribution in [-0.2, 0) is 19.6 Å². The molecule has 1 aromatic heterocycles. The van der Waals surface area contributed by atoms with Crippen molar-refractivity contribution in [2.24, 2.45) is 11.8 Å². The molecule has 3 aromatic rings. The number of nitrogens with zero attached hydrogens (tertiary/aromatic N) is 2. The van der Waals surface area contributed by atoms with Crippen LogP contribution in [0.1, 0.15) is 46.2 Å². The number of aryl methyl sites for hydroxylation is 2. The standard InChI is InChI=1S/C28H33N3OS/c1-17-4-5-27(32-15-22-11-18(2)25-13-29-8-6-23(25)19(22)3)24(10-17)26-16-33-28(30-26)31-9-7-20-12-21(20)14-31/h4-5,10-11,16,20-21,29H,6-9,12-15H2,1-3H3. The van der Waals surface area contributed by atoms with E-state index in [2.05, 4.69) is 60.6 Å². The number of rotatable bonds is 5. The molecule has 2 atom stereocenters. The third-order valence-corrected chi connectivity index (χ3v) is 8.77. The van der Waals surface area contributed by atoms with Crippen LogP contribution in [0.4, 0.5) is 5.13 Å². The second kappa shape index (κ2) is 8.44. The van der Waals surface area contributed by atoms with Gasteiger partial charge in [0.25, 0.3) is 0 Å². The van der Waals surface area contributed by atoms with Gasteiger partial charge < -0.3 is 15.0 Å². The number of anilines is 1. The first-order valence-corrected chi connectivity index (χ1v) is 13.2. The average Bonchev–Trinajstić information content (AvgIpc) is 3.45. The van der Waals surface area contributed by atoms with Gasteiger partial charge in [-0.1, -0.05) is 17.7 Å². The van der Waals surface area contributed by atoms with Gasteiger partial charge in [-0.2, -0.15) is 0 Å². The highest BCUT2D eigenvalue weighted by molar-refractivity contribution is 7.14. The van der Waals surface area contributed by atoms with E-state index in [-0.39, 0.29) is 0 Å². The molecule has 1 aliphatic carbocycles. The van der Waals surface area contributed by atoms with Crippen molar-refractivity contribution >= 4 is 16.5 Å². The molecular weight excluding hydrogens is 426 g/mol. The predicted octanol–water partition coefficient (Wildman–Crippen LogP) is 5.81. The van der Waals surface area contributed by atoms with Crippen LogP contribution >= 0.6 is 11.3 Å². The monoisotopic (exact) mass is 459 g/mol. The summed E-state index contributed by atoms with van der Waals surface area (Å²) in [6.07, 6.45) is 3.85. The number of nitrogens with one attached hydrogen (secondary N) is 1. The molecule has 0 bridgehead atoms. The van der Waals surface area contributed by atoms with Crippen molar-refractivity contribution in [1.82, 2.24) is 10.3 Å². The molecular formula is C28H33N3OS. The lowest BCUT2D eigenvalue weighted by atomic mass is 9.89. The average molecular weight is 460 g/mol. The van der Waals surface area contributed by atoms with Crippen molar-refractivity contribution in [2.45, 2.75) is 53.2 Å². The van der Waals surface area contributed by atoms with Crippen molar-refractivity contribution in [3.8, 4) is 17.0 Å². The van der Waals surface area contributed by atoms with Crippen LogP contribution < -0.4 is 15.0 Å². The van der Waals surface area contributed by atoms with Gasteiger partial charge in [0.1, 0.15) is 12.4 Å². The van der Waals surface area contributed by atoms with Gasteiger partial charge in [-0.3, -0.25) is 0 Å². The third kappa shape index (κ3) is 4.06. The van der Waals surface area contributed by atoms with Crippen LogP contribution in [0.15, 0.2) is 29.6 Å². The Morgan fingerprint density at radius 2 is 2.06 bits per heavy atom. The molecule has 0 radical (unpaired) electrons. The normalized spacial score (nSPS) is 21.5. The van der Waals surface area contributed by atoms with Gasteiger partial charge in [-0.15, -0.1) is 11.3 Å². The van der Waals surface area contributed by atoms with E-state index in [9.17, 15) is 0 Å². The second-order valence-corrected chi connectivity index (χ2v) is 11.0. The van der Waals surface area contributed by atoms with Gasteiger partial charge in [0.2, 0.25) is 0 Å². The van der Waals surface area contributed by atoms with Crippen LogP contribution in [0.2, 0.25) is 0 Å². The highest BCUT2D eigenvalue weighted by Gasteiger charge is 2.42. The Morgan fingerprint density at radius 3 is 2.94 bits per heavy atom. The van der Waals surface area contributed by atoms with E-state index in [1.54, 1.807) is 11.3 Å². The van der Waals surface area contributed by atoms with Crippen molar-refractivity contribution in [3.05, 3.63) is 63.0 Å². The Kier molecular flexibility index (Phi) is 5.42. The lowest BCUT2D eigenvalue weighted by molar-refractivity contribution is 0.306. The van der Waals surface area contributed by atoms with Gasteiger partial charge in [-0.25, -0.2) is 4.98 Å². The summed E-state index contributed by atoms with van der Waals surface area (Å²) in [5.74, 6) is 2.82. The molecule has 6 rings (SSSR count). The van der Waals surface area contributed by atoms with Gasteiger partial charge in [0, 0.05) is 30.6 Å². The first-order chi connectivity index (χ1) is 16.1. The Bertz CT molecular complexity index is 1200. The summed E-state index contributed by atoms with van der Waals surface area (Å²) in [7, 11) is 0. The smallest absolute Gasteiger partial charge is 0.185 e. The fraction of sp³-hybridized carbons (Fsp3) is 0.464. The number of benzene rings is 2. The molecule has 2 fully saturated rings. The van der Waals surface area contributed by atoms with Crippen LogP contribution in [0, 0.1) is 32.6 Å². The third-order valence-electron chi connectivity index (χ3n) is 7.87. The Balaban J connectivity index is 1.25. The Hall–Kier alpha value is -2.37. The van der Waals surface area contributed by atoms with Crippen LogP contribution in [0.3, 0.4) is 0 Å². The van der Waals surface area contributed by atoms with E-state index < -0.39 is 0 Å². The molecule has 1 saturated heterocycles. The summed E-state index contributed by atoms with van der Waals surface area (Å²) < 4.78 is 6.47. The maximum atomic E-state index is 6.47. The number of hydrogen-bond donors (Lipinski definition) is 1. The molecule has 3 heterocycles. The summed E-state index contributed by atoms with van der Waals surface area (Å²) in [6, 6.07) is 8.79. The number of piperidine rings is 1. The molecule has 4 nitrogen and oxygen atoms in total. The van der Waals surface area contributed by atoms with Crippen molar-refractivity contribution < 1.29 is 4.74 Å². The second-order valence-electron chi connectivity index (χ2n) is 10.2. The molecule has 2 unspecified atom stereocenters. The van der Waals surface area contributed by atoms with Crippen LogP contribution in [0.5, 0.6) is 5.75 Å². The lowest BCUT2D eigenvalue weighted by Gasteiger charge is -2.25. The van der Waals surface area contributed by atoms with Gasteiger partial charge in [-0.05, 0) is 98.4 Å². The van der Waals surface area contributed by atoms with Crippen molar-refractivity contribution in [2.75, 3.05) is 24.5 Å². The number of fused-ring (bicyclic) bond motifs is 2. The largest absolute Gasteiger partial charge is 0.488 e. The molecule has 2 aliphatic heterocycles. The molecule has 1 saturated carbocycles. The van der Waals surface area contributed by atoms with E-state index in [0.717, 1.165) is 60.0 Å². The Morgan fingerprint density at radius 1 is 1.15 bits per heavy atom. The van der Waals surface area contributed by atoms with Gasteiger partial charge in [0.05, 0.1) is 5.69 Å². The summed E-state index contributed by atoms with van der Waals surface area (Å²) in [5.41, 5.74) is 10.4. The Labute approximate surface area is 201 Å².